The SMILES string of the molecule is Cc1nccc(CN2CCCN3CCCC3C2)n1. The summed E-state index contributed by atoms with van der Waals surface area (Å²) in [6.07, 6.45) is 5.92. The van der Waals surface area contributed by atoms with E-state index in [9.17, 15) is 0 Å². The van der Waals surface area contributed by atoms with E-state index in [0.29, 0.717) is 0 Å². The van der Waals surface area contributed by atoms with Crippen molar-refractivity contribution in [1.29, 1.82) is 0 Å². The molecule has 0 amide bonds. The zero-order chi connectivity index (χ0) is 12.4. The van der Waals surface area contributed by atoms with Crippen LogP contribution in [0, 0.1) is 6.92 Å². The van der Waals surface area contributed by atoms with Gasteiger partial charge in [0.1, 0.15) is 5.82 Å². The normalized spacial score (nSPS) is 25.9. The molecule has 0 saturated carbocycles. The van der Waals surface area contributed by atoms with Gasteiger partial charge in [0.15, 0.2) is 0 Å². The predicted octanol–water partition coefficient (Wildman–Crippen LogP) is 1.46. The van der Waals surface area contributed by atoms with Gasteiger partial charge in [-0.25, -0.2) is 9.97 Å². The molecule has 98 valence electrons. The van der Waals surface area contributed by atoms with Crippen molar-refractivity contribution in [2.45, 2.75) is 38.8 Å². The maximum absolute atomic E-state index is 4.52. The molecule has 4 nitrogen and oxygen atoms in total. The highest BCUT2D eigenvalue weighted by molar-refractivity contribution is 5.02. The Bertz CT molecular complexity index is 407. The summed E-state index contributed by atoms with van der Waals surface area (Å²) in [6, 6.07) is 2.83. The molecule has 1 aromatic heterocycles. The summed E-state index contributed by atoms with van der Waals surface area (Å²) in [7, 11) is 0. The molecule has 18 heavy (non-hydrogen) atoms. The first-order valence-electron chi connectivity index (χ1n) is 7.06. The van der Waals surface area contributed by atoms with Crippen LogP contribution in [0.1, 0.15) is 30.8 Å². The average Bonchev–Trinajstić information content (AvgIpc) is 2.69. The minimum absolute atomic E-state index is 0.787. The van der Waals surface area contributed by atoms with E-state index in [4.69, 9.17) is 0 Å². The molecule has 0 N–H and O–H groups in total. The number of aromatic nitrogens is 2. The van der Waals surface area contributed by atoms with Crippen LogP contribution in [0.15, 0.2) is 12.3 Å². The van der Waals surface area contributed by atoms with Gasteiger partial charge in [-0.15, -0.1) is 0 Å². The first kappa shape index (κ1) is 12.1. The Morgan fingerprint density at radius 2 is 2.17 bits per heavy atom. The van der Waals surface area contributed by atoms with Crippen molar-refractivity contribution < 1.29 is 0 Å². The molecule has 0 aliphatic carbocycles. The molecule has 2 saturated heterocycles. The Morgan fingerprint density at radius 3 is 3.06 bits per heavy atom. The van der Waals surface area contributed by atoms with Gasteiger partial charge >= 0.3 is 0 Å². The zero-order valence-electron chi connectivity index (χ0n) is 11.2. The highest BCUT2D eigenvalue weighted by atomic mass is 15.3. The van der Waals surface area contributed by atoms with Crippen LogP contribution in [0.2, 0.25) is 0 Å². The number of hydrogen-bond acceptors (Lipinski definition) is 4. The van der Waals surface area contributed by atoms with Crippen molar-refractivity contribution in [3.8, 4) is 0 Å². The van der Waals surface area contributed by atoms with Crippen LogP contribution in [-0.4, -0.2) is 52.0 Å². The molecule has 0 aromatic carbocycles. The van der Waals surface area contributed by atoms with Crippen LogP contribution in [0.3, 0.4) is 0 Å². The number of rotatable bonds is 2. The van der Waals surface area contributed by atoms with Crippen molar-refractivity contribution in [1.82, 2.24) is 19.8 Å². The van der Waals surface area contributed by atoms with E-state index in [1.165, 1.54) is 45.4 Å². The molecule has 3 heterocycles. The van der Waals surface area contributed by atoms with E-state index < -0.39 is 0 Å². The van der Waals surface area contributed by atoms with Crippen LogP contribution in [0.4, 0.5) is 0 Å². The van der Waals surface area contributed by atoms with E-state index in [1.54, 1.807) is 0 Å². The lowest BCUT2D eigenvalue weighted by molar-refractivity contribution is 0.214. The zero-order valence-corrected chi connectivity index (χ0v) is 11.2. The van der Waals surface area contributed by atoms with Crippen LogP contribution in [0.25, 0.3) is 0 Å². The Balaban J connectivity index is 1.65. The standard InChI is InChI=1S/C14H22N4/c1-12-15-6-5-13(16-12)10-17-7-3-9-18-8-2-4-14(18)11-17/h5-6,14H,2-4,7-11H2,1H3. The molecule has 2 aliphatic rings. The van der Waals surface area contributed by atoms with E-state index in [1.807, 2.05) is 19.2 Å². The molecule has 3 rings (SSSR count). The van der Waals surface area contributed by atoms with Gasteiger partial charge in [-0.2, -0.15) is 0 Å². The highest BCUT2D eigenvalue weighted by Crippen LogP contribution is 2.21. The van der Waals surface area contributed by atoms with Gasteiger partial charge in [0, 0.05) is 25.3 Å². The molecular weight excluding hydrogens is 224 g/mol. The van der Waals surface area contributed by atoms with Gasteiger partial charge in [-0.3, -0.25) is 9.80 Å². The quantitative estimate of drug-likeness (QED) is 0.791. The van der Waals surface area contributed by atoms with Gasteiger partial charge in [-0.1, -0.05) is 0 Å². The summed E-state index contributed by atoms with van der Waals surface area (Å²) < 4.78 is 0. The Hall–Kier alpha value is -1.00. The average molecular weight is 246 g/mol. The Kier molecular flexibility index (Phi) is 3.57. The monoisotopic (exact) mass is 246 g/mol. The minimum atomic E-state index is 0.787. The van der Waals surface area contributed by atoms with Crippen LogP contribution >= 0.6 is 0 Å². The lowest BCUT2D eigenvalue weighted by Crippen LogP contribution is -2.36. The summed E-state index contributed by atoms with van der Waals surface area (Å²) in [5, 5.41) is 0. The lowest BCUT2D eigenvalue weighted by Gasteiger charge is -2.25. The molecule has 0 bridgehead atoms. The molecule has 0 radical (unpaired) electrons. The summed E-state index contributed by atoms with van der Waals surface area (Å²) in [5.74, 6) is 0.879. The second-order valence-corrected chi connectivity index (χ2v) is 5.52. The second kappa shape index (κ2) is 5.33. The lowest BCUT2D eigenvalue weighted by atomic mass is 10.2. The van der Waals surface area contributed by atoms with Crippen molar-refractivity contribution in [2.24, 2.45) is 0 Å². The third-order valence-electron chi connectivity index (χ3n) is 4.11. The second-order valence-electron chi connectivity index (χ2n) is 5.52. The maximum atomic E-state index is 4.52. The number of nitrogens with zero attached hydrogens (tertiary/aromatic N) is 4. The molecule has 2 aliphatic heterocycles. The first-order valence-corrected chi connectivity index (χ1v) is 7.06. The van der Waals surface area contributed by atoms with Crippen LogP contribution in [-0.2, 0) is 6.54 Å². The van der Waals surface area contributed by atoms with Crippen LogP contribution in [0.5, 0.6) is 0 Å². The highest BCUT2D eigenvalue weighted by Gasteiger charge is 2.28. The molecule has 1 unspecified atom stereocenters. The van der Waals surface area contributed by atoms with E-state index in [-0.39, 0.29) is 0 Å². The van der Waals surface area contributed by atoms with E-state index in [0.717, 1.165) is 24.1 Å². The molecule has 1 atom stereocenters. The van der Waals surface area contributed by atoms with Crippen molar-refractivity contribution >= 4 is 0 Å². The van der Waals surface area contributed by atoms with Gasteiger partial charge in [0.05, 0.1) is 5.69 Å². The smallest absolute Gasteiger partial charge is 0.125 e. The minimum Gasteiger partial charge on any atom is -0.299 e. The van der Waals surface area contributed by atoms with Gasteiger partial charge < -0.3 is 0 Å². The summed E-state index contributed by atoms with van der Waals surface area (Å²) in [4.78, 5) is 13.9. The molecule has 2 fully saturated rings. The largest absolute Gasteiger partial charge is 0.299 e. The fourth-order valence-corrected chi connectivity index (χ4v) is 3.25. The molecule has 0 spiro atoms. The maximum Gasteiger partial charge on any atom is 0.125 e. The number of fused-ring (bicyclic) bond motifs is 1. The fraction of sp³-hybridized carbons (Fsp3) is 0.714. The fourth-order valence-electron chi connectivity index (χ4n) is 3.25. The number of hydrogen-bond donors (Lipinski definition) is 0. The van der Waals surface area contributed by atoms with E-state index in [2.05, 4.69) is 19.8 Å². The van der Waals surface area contributed by atoms with Crippen molar-refractivity contribution in [2.75, 3.05) is 26.2 Å². The topological polar surface area (TPSA) is 32.3 Å². The molecular formula is C14H22N4. The number of aryl methyl sites for hydroxylation is 1. The van der Waals surface area contributed by atoms with Gasteiger partial charge in [-0.05, 0) is 51.9 Å². The molecule has 1 aromatic rings. The molecule has 4 heteroatoms. The Labute approximate surface area is 109 Å². The summed E-state index contributed by atoms with van der Waals surface area (Å²) in [6.45, 7) is 7.95. The van der Waals surface area contributed by atoms with Crippen molar-refractivity contribution in [3.63, 3.8) is 0 Å². The van der Waals surface area contributed by atoms with Crippen molar-refractivity contribution in [3.05, 3.63) is 23.8 Å². The Morgan fingerprint density at radius 1 is 1.28 bits per heavy atom. The first-order chi connectivity index (χ1) is 8.81. The van der Waals surface area contributed by atoms with Gasteiger partial charge in [0.2, 0.25) is 0 Å². The third-order valence-corrected chi connectivity index (χ3v) is 4.11. The third kappa shape index (κ3) is 2.70. The summed E-state index contributed by atoms with van der Waals surface area (Å²) in [5.41, 5.74) is 1.16. The van der Waals surface area contributed by atoms with E-state index >= 15 is 0 Å². The summed E-state index contributed by atoms with van der Waals surface area (Å²) >= 11 is 0. The van der Waals surface area contributed by atoms with Gasteiger partial charge in [0.25, 0.3) is 0 Å². The van der Waals surface area contributed by atoms with Crippen LogP contribution < -0.4 is 0 Å². The predicted molar refractivity (Wildman–Crippen MR) is 71.3 cm³/mol.